The Bertz CT molecular complexity index is 670. The maximum absolute atomic E-state index is 13.7. The van der Waals surface area contributed by atoms with E-state index in [1.165, 1.54) is 18.2 Å². The number of piperidine rings is 2. The van der Waals surface area contributed by atoms with Crippen LogP contribution in [0.15, 0.2) is 24.3 Å². The van der Waals surface area contributed by atoms with Gasteiger partial charge in [-0.15, -0.1) is 0 Å². The second kappa shape index (κ2) is 6.37. The molecule has 23 heavy (non-hydrogen) atoms. The van der Waals surface area contributed by atoms with Gasteiger partial charge < -0.3 is 10.2 Å². The van der Waals surface area contributed by atoms with Gasteiger partial charge in [0.25, 0.3) is 5.91 Å². The number of carbonyl (C=O) groups excluding carboxylic acids is 2. The van der Waals surface area contributed by atoms with Crippen LogP contribution >= 0.6 is 0 Å². The Morgan fingerprint density at radius 3 is 2.83 bits per heavy atom. The highest BCUT2D eigenvalue weighted by molar-refractivity contribution is 5.94. The van der Waals surface area contributed by atoms with E-state index >= 15 is 0 Å². The first-order chi connectivity index (χ1) is 11.1. The largest absolute Gasteiger partial charge is 0.347 e. The first kappa shape index (κ1) is 15.5. The van der Waals surface area contributed by atoms with Crippen molar-refractivity contribution in [1.82, 2.24) is 10.2 Å². The molecular weight excluding hydrogens is 297 g/mol. The summed E-state index contributed by atoms with van der Waals surface area (Å²) in [4.78, 5) is 26.1. The van der Waals surface area contributed by atoms with E-state index in [2.05, 4.69) is 5.32 Å². The molecule has 5 nitrogen and oxygen atoms in total. The van der Waals surface area contributed by atoms with Crippen LogP contribution in [0.25, 0.3) is 0 Å². The zero-order valence-electron chi connectivity index (χ0n) is 12.7. The fourth-order valence-electron chi connectivity index (χ4n) is 3.70. The Hall–Kier alpha value is -2.42. The van der Waals surface area contributed by atoms with Crippen molar-refractivity contribution in [1.29, 1.82) is 5.26 Å². The molecule has 4 rings (SSSR count). The quantitative estimate of drug-likeness (QED) is 0.925. The SMILES string of the molecule is N#CCC(=O)N1CC2CCC1C(NC(=O)c1ccccc1F)C2. The van der Waals surface area contributed by atoms with Gasteiger partial charge in [0.1, 0.15) is 12.2 Å². The van der Waals surface area contributed by atoms with Crippen molar-refractivity contribution >= 4 is 11.8 Å². The summed E-state index contributed by atoms with van der Waals surface area (Å²) >= 11 is 0. The Morgan fingerprint density at radius 1 is 1.35 bits per heavy atom. The number of hydrogen-bond acceptors (Lipinski definition) is 3. The van der Waals surface area contributed by atoms with Crippen molar-refractivity contribution in [3.8, 4) is 6.07 Å². The van der Waals surface area contributed by atoms with Gasteiger partial charge >= 0.3 is 0 Å². The topological polar surface area (TPSA) is 73.2 Å². The molecule has 1 aromatic rings. The molecule has 6 heteroatoms. The summed E-state index contributed by atoms with van der Waals surface area (Å²) < 4.78 is 13.7. The number of halogens is 1. The van der Waals surface area contributed by atoms with Gasteiger partial charge in [-0.05, 0) is 37.3 Å². The number of rotatable bonds is 3. The lowest BCUT2D eigenvalue weighted by Crippen LogP contribution is -2.62. The average molecular weight is 315 g/mol. The van der Waals surface area contributed by atoms with Crippen molar-refractivity contribution < 1.29 is 14.0 Å². The molecule has 120 valence electrons. The van der Waals surface area contributed by atoms with Gasteiger partial charge in [-0.2, -0.15) is 5.26 Å². The molecule has 3 atom stereocenters. The van der Waals surface area contributed by atoms with Crippen molar-refractivity contribution in [2.24, 2.45) is 5.92 Å². The third-order valence-corrected chi connectivity index (χ3v) is 4.76. The van der Waals surface area contributed by atoms with Crippen molar-refractivity contribution in [2.45, 2.75) is 37.8 Å². The minimum absolute atomic E-state index is 0.0175. The highest BCUT2D eigenvalue weighted by Gasteiger charge is 2.43. The molecule has 2 heterocycles. The van der Waals surface area contributed by atoms with Crippen molar-refractivity contribution in [3.63, 3.8) is 0 Å². The first-order valence-electron chi connectivity index (χ1n) is 7.82. The molecule has 2 bridgehead atoms. The molecule has 0 spiro atoms. The van der Waals surface area contributed by atoms with E-state index in [0.29, 0.717) is 12.5 Å². The van der Waals surface area contributed by atoms with Gasteiger partial charge in [0.05, 0.1) is 17.7 Å². The predicted molar refractivity (Wildman–Crippen MR) is 80.7 cm³/mol. The summed E-state index contributed by atoms with van der Waals surface area (Å²) in [5.74, 6) is -0.864. The van der Waals surface area contributed by atoms with Gasteiger partial charge in [0, 0.05) is 12.6 Å². The van der Waals surface area contributed by atoms with Gasteiger partial charge in [-0.1, -0.05) is 12.1 Å². The van der Waals surface area contributed by atoms with E-state index in [-0.39, 0.29) is 30.0 Å². The number of nitrogens with zero attached hydrogens (tertiary/aromatic N) is 2. The van der Waals surface area contributed by atoms with Crippen LogP contribution in [-0.2, 0) is 4.79 Å². The number of benzene rings is 1. The van der Waals surface area contributed by atoms with E-state index in [0.717, 1.165) is 19.3 Å². The minimum Gasteiger partial charge on any atom is -0.347 e. The number of fused-ring (bicyclic) bond motifs is 3. The van der Waals surface area contributed by atoms with Gasteiger partial charge in [0.15, 0.2) is 0 Å². The van der Waals surface area contributed by atoms with E-state index < -0.39 is 11.7 Å². The molecule has 2 aliphatic heterocycles. The molecule has 1 N–H and O–H groups in total. The zero-order valence-corrected chi connectivity index (χ0v) is 12.7. The number of nitrogens with one attached hydrogen (secondary N) is 1. The van der Waals surface area contributed by atoms with Crippen LogP contribution in [0.2, 0.25) is 0 Å². The normalized spacial score (nSPS) is 25.7. The Labute approximate surface area is 134 Å². The zero-order chi connectivity index (χ0) is 16.4. The van der Waals surface area contributed by atoms with Crippen LogP contribution in [0.5, 0.6) is 0 Å². The fourth-order valence-corrected chi connectivity index (χ4v) is 3.70. The second-order valence-electron chi connectivity index (χ2n) is 6.19. The van der Waals surface area contributed by atoms with Gasteiger partial charge in [-0.25, -0.2) is 4.39 Å². The standard InChI is InChI=1S/C17H18FN3O2/c18-13-4-2-1-3-12(13)17(23)20-14-9-11-5-6-15(14)21(10-11)16(22)7-8-19/h1-4,11,14-15H,5-7,9-10H2,(H,20,23). The molecule has 2 saturated heterocycles. The van der Waals surface area contributed by atoms with Crippen LogP contribution < -0.4 is 5.32 Å². The third-order valence-electron chi connectivity index (χ3n) is 4.76. The van der Waals surface area contributed by atoms with E-state index in [9.17, 15) is 14.0 Å². The molecular formula is C17H18FN3O2. The van der Waals surface area contributed by atoms with Crippen LogP contribution in [0, 0.1) is 23.1 Å². The monoisotopic (exact) mass is 315 g/mol. The van der Waals surface area contributed by atoms with E-state index in [1.807, 2.05) is 6.07 Å². The van der Waals surface area contributed by atoms with E-state index in [1.54, 1.807) is 11.0 Å². The van der Waals surface area contributed by atoms with Crippen LogP contribution in [0.1, 0.15) is 36.0 Å². The summed E-state index contributed by atoms with van der Waals surface area (Å²) in [5, 5.41) is 11.6. The fraction of sp³-hybridized carbons (Fsp3) is 0.471. The molecule has 0 aromatic heterocycles. The van der Waals surface area contributed by atoms with Crippen LogP contribution in [0.4, 0.5) is 4.39 Å². The number of hydrogen-bond donors (Lipinski definition) is 1. The van der Waals surface area contributed by atoms with Crippen molar-refractivity contribution in [3.05, 3.63) is 35.6 Å². The van der Waals surface area contributed by atoms with Crippen LogP contribution in [-0.4, -0.2) is 35.3 Å². The highest BCUT2D eigenvalue weighted by Crippen LogP contribution is 2.35. The lowest BCUT2D eigenvalue weighted by molar-refractivity contribution is -0.138. The minimum atomic E-state index is -0.552. The summed E-state index contributed by atoms with van der Waals surface area (Å²) in [6, 6.07) is 7.46. The maximum Gasteiger partial charge on any atom is 0.254 e. The lowest BCUT2D eigenvalue weighted by Gasteiger charge is -2.49. The molecule has 0 radical (unpaired) electrons. The van der Waals surface area contributed by atoms with Crippen LogP contribution in [0.3, 0.4) is 0 Å². The van der Waals surface area contributed by atoms with Crippen molar-refractivity contribution in [2.75, 3.05) is 6.54 Å². The average Bonchev–Trinajstić information content (AvgIpc) is 2.55. The van der Waals surface area contributed by atoms with Gasteiger partial charge in [0.2, 0.25) is 5.91 Å². The number of amides is 2. The predicted octanol–water partition coefficient (Wildman–Crippen LogP) is 1.85. The molecule has 2 amide bonds. The molecule has 3 aliphatic rings. The molecule has 1 saturated carbocycles. The summed E-state index contributed by atoms with van der Waals surface area (Å²) in [7, 11) is 0. The Balaban J connectivity index is 1.73. The maximum atomic E-state index is 13.7. The smallest absolute Gasteiger partial charge is 0.254 e. The highest BCUT2D eigenvalue weighted by atomic mass is 19.1. The molecule has 1 aromatic carbocycles. The Kier molecular flexibility index (Phi) is 4.28. The summed E-state index contributed by atoms with van der Waals surface area (Å²) in [5.41, 5.74) is 0.0175. The Morgan fingerprint density at radius 2 is 2.13 bits per heavy atom. The number of carbonyl (C=O) groups is 2. The molecule has 3 fully saturated rings. The third kappa shape index (κ3) is 3.04. The molecule has 1 aliphatic carbocycles. The summed E-state index contributed by atoms with van der Waals surface area (Å²) in [6.07, 6.45) is 2.48. The lowest BCUT2D eigenvalue weighted by atomic mass is 9.76. The van der Waals surface area contributed by atoms with Gasteiger partial charge in [-0.3, -0.25) is 9.59 Å². The van der Waals surface area contributed by atoms with E-state index in [4.69, 9.17) is 5.26 Å². The number of nitriles is 1. The first-order valence-corrected chi connectivity index (χ1v) is 7.82. The summed E-state index contributed by atoms with van der Waals surface area (Å²) in [6.45, 7) is 0.650. The molecule has 3 unspecified atom stereocenters. The second-order valence-corrected chi connectivity index (χ2v) is 6.19.